The molecule has 0 spiro atoms. The quantitative estimate of drug-likeness (QED) is 0.869. The summed E-state index contributed by atoms with van der Waals surface area (Å²) in [6.45, 7) is 0.574. The fourth-order valence-corrected chi connectivity index (χ4v) is 3.47. The molecule has 1 aliphatic heterocycles. The average molecular weight is 258 g/mol. The number of H-pyrrole nitrogens is 1. The fourth-order valence-electron chi connectivity index (χ4n) is 2.15. The van der Waals surface area contributed by atoms with Crippen LogP contribution in [0.25, 0.3) is 0 Å². The van der Waals surface area contributed by atoms with Gasteiger partial charge in [0.05, 0.1) is 11.7 Å². The minimum Gasteiger partial charge on any atom is -0.281 e. The molecular formula is C10H18N4O2S. The molecule has 1 fully saturated rings. The first-order valence-electron chi connectivity index (χ1n) is 5.72. The molecule has 0 unspecified atom stereocenters. The smallest absolute Gasteiger partial charge is 0.281 e. The van der Waals surface area contributed by atoms with Crippen molar-refractivity contribution < 1.29 is 8.42 Å². The van der Waals surface area contributed by atoms with Gasteiger partial charge in [-0.2, -0.15) is 22.1 Å². The number of rotatable bonds is 3. The summed E-state index contributed by atoms with van der Waals surface area (Å²) in [5.41, 5.74) is 0.870. The molecule has 1 N–H and O–H groups in total. The SMILES string of the molecule is CN(C)S(=O)(=O)N1CCCC[C@H]1c1ccn[nH]1. The van der Waals surface area contributed by atoms with Gasteiger partial charge in [-0.25, -0.2) is 0 Å². The molecule has 0 radical (unpaired) electrons. The van der Waals surface area contributed by atoms with Crippen molar-refractivity contribution in [1.29, 1.82) is 0 Å². The Bertz CT molecular complexity index is 455. The Labute approximate surface area is 102 Å². The van der Waals surface area contributed by atoms with E-state index in [0.717, 1.165) is 25.0 Å². The lowest BCUT2D eigenvalue weighted by molar-refractivity contribution is 0.238. The molecule has 1 aromatic heterocycles. The van der Waals surface area contributed by atoms with Crippen LogP contribution in [-0.4, -0.2) is 47.9 Å². The van der Waals surface area contributed by atoms with Crippen molar-refractivity contribution in [1.82, 2.24) is 18.8 Å². The van der Waals surface area contributed by atoms with Crippen LogP contribution in [0.15, 0.2) is 12.3 Å². The average Bonchev–Trinajstić information content (AvgIpc) is 2.82. The summed E-state index contributed by atoms with van der Waals surface area (Å²) in [5, 5.41) is 6.77. The van der Waals surface area contributed by atoms with Gasteiger partial charge in [-0.05, 0) is 18.9 Å². The second-order valence-electron chi connectivity index (χ2n) is 4.42. The minimum atomic E-state index is -3.36. The lowest BCUT2D eigenvalue weighted by Crippen LogP contribution is -2.44. The maximum absolute atomic E-state index is 12.2. The number of nitrogens with one attached hydrogen (secondary N) is 1. The number of nitrogens with zero attached hydrogens (tertiary/aromatic N) is 3. The second kappa shape index (κ2) is 4.75. The number of hydrogen-bond acceptors (Lipinski definition) is 3. The van der Waals surface area contributed by atoms with Gasteiger partial charge < -0.3 is 0 Å². The highest BCUT2D eigenvalue weighted by Gasteiger charge is 2.35. The molecule has 1 aliphatic rings. The lowest BCUT2D eigenvalue weighted by Gasteiger charge is -2.35. The van der Waals surface area contributed by atoms with Crippen molar-refractivity contribution in [2.24, 2.45) is 0 Å². The first kappa shape index (κ1) is 12.5. The number of piperidine rings is 1. The van der Waals surface area contributed by atoms with Crippen LogP contribution in [0.5, 0.6) is 0 Å². The van der Waals surface area contributed by atoms with Crippen LogP contribution in [0.1, 0.15) is 31.0 Å². The molecule has 1 aromatic rings. The highest BCUT2D eigenvalue weighted by Crippen LogP contribution is 2.32. The van der Waals surface area contributed by atoms with Crippen molar-refractivity contribution in [2.45, 2.75) is 25.3 Å². The Kier molecular flexibility index (Phi) is 3.50. The van der Waals surface area contributed by atoms with Gasteiger partial charge in [0.15, 0.2) is 0 Å². The van der Waals surface area contributed by atoms with E-state index in [9.17, 15) is 8.42 Å². The van der Waals surface area contributed by atoms with Crippen LogP contribution in [-0.2, 0) is 10.2 Å². The maximum atomic E-state index is 12.2. The zero-order valence-electron chi connectivity index (χ0n) is 10.1. The van der Waals surface area contributed by atoms with Crippen molar-refractivity contribution in [2.75, 3.05) is 20.6 Å². The summed E-state index contributed by atoms with van der Waals surface area (Å²) >= 11 is 0. The van der Waals surface area contributed by atoms with Crippen molar-refractivity contribution in [3.63, 3.8) is 0 Å². The largest absolute Gasteiger partial charge is 0.282 e. The van der Waals surface area contributed by atoms with Gasteiger partial charge in [0, 0.05) is 26.8 Å². The monoisotopic (exact) mass is 258 g/mol. The molecule has 0 aromatic carbocycles. The predicted octanol–water partition coefficient (Wildman–Crippen LogP) is 0.743. The molecule has 2 heterocycles. The molecule has 2 rings (SSSR count). The Morgan fingerprint density at radius 2 is 2.24 bits per heavy atom. The van der Waals surface area contributed by atoms with Crippen LogP contribution in [0.3, 0.4) is 0 Å². The number of hydrogen-bond donors (Lipinski definition) is 1. The van der Waals surface area contributed by atoms with Crippen LogP contribution >= 0.6 is 0 Å². The third-order valence-electron chi connectivity index (χ3n) is 3.09. The summed E-state index contributed by atoms with van der Waals surface area (Å²) in [6.07, 6.45) is 4.46. The lowest BCUT2D eigenvalue weighted by atomic mass is 10.0. The predicted molar refractivity (Wildman–Crippen MR) is 64.5 cm³/mol. The van der Waals surface area contributed by atoms with Crippen molar-refractivity contribution >= 4 is 10.2 Å². The van der Waals surface area contributed by atoms with E-state index < -0.39 is 10.2 Å². The Balaban J connectivity index is 2.31. The Hall–Kier alpha value is -0.920. The van der Waals surface area contributed by atoms with E-state index in [1.165, 1.54) is 4.31 Å². The fraction of sp³-hybridized carbons (Fsp3) is 0.700. The summed E-state index contributed by atoms with van der Waals surface area (Å²) in [6, 6.07) is 1.73. The highest BCUT2D eigenvalue weighted by molar-refractivity contribution is 7.86. The van der Waals surface area contributed by atoms with E-state index in [-0.39, 0.29) is 6.04 Å². The normalized spacial score (nSPS) is 23.1. The summed E-state index contributed by atoms with van der Waals surface area (Å²) < 4.78 is 27.2. The Morgan fingerprint density at radius 1 is 1.47 bits per heavy atom. The summed E-state index contributed by atoms with van der Waals surface area (Å²) in [5.74, 6) is 0. The second-order valence-corrected chi connectivity index (χ2v) is 6.52. The zero-order valence-corrected chi connectivity index (χ0v) is 10.9. The van der Waals surface area contributed by atoms with E-state index >= 15 is 0 Å². The number of aromatic amines is 1. The molecule has 6 nitrogen and oxygen atoms in total. The summed E-state index contributed by atoms with van der Waals surface area (Å²) in [7, 11) is -0.229. The maximum Gasteiger partial charge on any atom is 0.282 e. The zero-order chi connectivity index (χ0) is 12.5. The Morgan fingerprint density at radius 3 is 2.82 bits per heavy atom. The van der Waals surface area contributed by atoms with E-state index in [2.05, 4.69) is 10.2 Å². The molecule has 7 heteroatoms. The minimum absolute atomic E-state index is 0.112. The van der Waals surface area contributed by atoms with Gasteiger partial charge in [0.25, 0.3) is 10.2 Å². The standard InChI is InChI=1S/C10H18N4O2S/c1-13(2)17(15,16)14-8-4-3-5-10(14)9-6-7-11-12-9/h6-7,10H,3-5,8H2,1-2H3,(H,11,12)/t10-/m0/s1. The first-order chi connectivity index (χ1) is 8.03. The van der Waals surface area contributed by atoms with E-state index in [0.29, 0.717) is 6.54 Å². The molecule has 0 aliphatic carbocycles. The molecule has 1 saturated heterocycles. The van der Waals surface area contributed by atoms with Crippen LogP contribution in [0.4, 0.5) is 0 Å². The molecule has 1 atom stereocenters. The van der Waals surface area contributed by atoms with Gasteiger partial charge in [-0.15, -0.1) is 0 Å². The van der Waals surface area contributed by atoms with Crippen LogP contribution < -0.4 is 0 Å². The third-order valence-corrected chi connectivity index (χ3v) is 5.05. The third kappa shape index (κ3) is 2.36. The topological polar surface area (TPSA) is 69.3 Å². The van der Waals surface area contributed by atoms with Crippen molar-refractivity contribution in [3.8, 4) is 0 Å². The van der Waals surface area contributed by atoms with E-state index in [1.807, 2.05) is 6.07 Å². The van der Waals surface area contributed by atoms with Gasteiger partial charge in [-0.3, -0.25) is 5.10 Å². The molecule has 96 valence electrons. The number of aromatic nitrogens is 2. The van der Waals surface area contributed by atoms with Crippen LogP contribution in [0.2, 0.25) is 0 Å². The van der Waals surface area contributed by atoms with Crippen LogP contribution in [0, 0.1) is 0 Å². The van der Waals surface area contributed by atoms with E-state index in [1.54, 1.807) is 24.6 Å². The van der Waals surface area contributed by atoms with Gasteiger partial charge in [-0.1, -0.05) is 6.42 Å². The van der Waals surface area contributed by atoms with E-state index in [4.69, 9.17) is 0 Å². The molecule has 17 heavy (non-hydrogen) atoms. The molecular weight excluding hydrogens is 240 g/mol. The van der Waals surface area contributed by atoms with Gasteiger partial charge in [0.1, 0.15) is 0 Å². The highest BCUT2D eigenvalue weighted by atomic mass is 32.2. The molecule has 0 saturated carbocycles. The molecule has 0 amide bonds. The van der Waals surface area contributed by atoms with Gasteiger partial charge in [0.2, 0.25) is 0 Å². The first-order valence-corrected chi connectivity index (χ1v) is 7.12. The summed E-state index contributed by atoms with van der Waals surface area (Å²) in [4.78, 5) is 0. The van der Waals surface area contributed by atoms with Crippen molar-refractivity contribution in [3.05, 3.63) is 18.0 Å². The van der Waals surface area contributed by atoms with Gasteiger partial charge >= 0.3 is 0 Å². The molecule has 0 bridgehead atoms.